The zero-order valence-corrected chi connectivity index (χ0v) is 8.17. The van der Waals surface area contributed by atoms with Gasteiger partial charge in [0.15, 0.2) is 0 Å². The second-order valence-corrected chi connectivity index (χ2v) is 3.83. The summed E-state index contributed by atoms with van der Waals surface area (Å²) in [5.74, 6) is 1.11. The summed E-state index contributed by atoms with van der Waals surface area (Å²) in [7, 11) is 0. The van der Waals surface area contributed by atoms with Crippen molar-refractivity contribution in [3.05, 3.63) is 12.7 Å². The number of allylic oxidation sites excluding steroid dienone is 1. The Morgan fingerprint density at radius 3 is 2.92 bits per heavy atom. The molecule has 1 saturated carbocycles. The highest BCUT2D eigenvalue weighted by molar-refractivity contribution is 5.81. The lowest BCUT2D eigenvalue weighted by molar-refractivity contribution is -0.123. The maximum Gasteiger partial charge on any atom is 0.136 e. The fourth-order valence-corrected chi connectivity index (χ4v) is 2.17. The van der Waals surface area contributed by atoms with E-state index in [-0.39, 0.29) is 5.92 Å². The van der Waals surface area contributed by atoms with Crippen molar-refractivity contribution in [1.29, 1.82) is 0 Å². The Kier molecular flexibility index (Phi) is 4.16. The van der Waals surface area contributed by atoms with Crippen LogP contribution in [0.15, 0.2) is 12.7 Å². The highest BCUT2D eigenvalue weighted by Crippen LogP contribution is 2.32. The van der Waals surface area contributed by atoms with E-state index in [0.29, 0.717) is 24.7 Å². The Morgan fingerprint density at radius 2 is 2.31 bits per heavy atom. The first kappa shape index (κ1) is 10.5. The van der Waals surface area contributed by atoms with Crippen molar-refractivity contribution in [2.75, 3.05) is 6.54 Å². The van der Waals surface area contributed by atoms with Crippen molar-refractivity contribution in [3.8, 4) is 0 Å². The molecule has 0 bridgehead atoms. The Balaban J connectivity index is 2.40. The van der Waals surface area contributed by atoms with Gasteiger partial charge in [0.2, 0.25) is 0 Å². The molecule has 0 heterocycles. The number of nitrogens with two attached hydrogens (primary N) is 1. The molecule has 1 fully saturated rings. The molecular formula is C11H19NO. The molecule has 0 spiro atoms. The molecule has 1 aliphatic rings. The van der Waals surface area contributed by atoms with Crippen LogP contribution in [0.1, 0.15) is 32.1 Å². The molecular weight excluding hydrogens is 162 g/mol. The zero-order valence-electron chi connectivity index (χ0n) is 8.17. The van der Waals surface area contributed by atoms with Gasteiger partial charge in [-0.2, -0.15) is 0 Å². The molecule has 0 aromatic rings. The minimum absolute atomic E-state index is 0.255. The van der Waals surface area contributed by atoms with Crippen LogP contribution < -0.4 is 5.73 Å². The van der Waals surface area contributed by atoms with Gasteiger partial charge in [0.05, 0.1) is 0 Å². The van der Waals surface area contributed by atoms with Gasteiger partial charge < -0.3 is 5.73 Å². The first-order valence-corrected chi connectivity index (χ1v) is 5.13. The second-order valence-electron chi connectivity index (χ2n) is 3.83. The highest BCUT2D eigenvalue weighted by atomic mass is 16.1. The maximum absolute atomic E-state index is 11.7. The second kappa shape index (κ2) is 5.18. The molecule has 13 heavy (non-hydrogen) atoms. The molecule has 0 amide bonds. The van der Waals surface area contributed by atoms with Gasteiger partial charge >= 0.3 is 0 Å². The molecule has 2 N–H and O–H groups in total. The van der Waals surface area contributed by atoms with Crippen LogP contribution in [-0.2, 0) is 4.79 Å². The van der Waals surface area contributed by atoms with Crippen LogP contribution in [0, 0.1) is 11.8 Å². The summed E-state index contributed by atoms with van der Waals surface area (Å²) < 4.78 is 0. The highest BCUT2D eigenvalue weighted by Gasteiger charge is 2.30. The summed E-state index contributed by atoms with van der Waals surface area (Å²) in [6, 6.07) is 0. The van der Waals surface area contributed by atoms with E-state index >= 15 is 0 Å². The third kappa shape index (κ3) is 2.66. The van der Waals surface area contributed by atoms with Gasteiger partial charge in [-0.15, -0.1) is 6.58 Å². The number of carbonyl (C=O) groups excluding carboxylic acids is 1. The van der Waals surface area contributed by atoms with Gasteiger partial charge in [0, 0.05) is 12.3 Å². The van der Waals surface area contributed by atoms with Gasteiger partial charge in [-0.3, -0.25) is 4.79 Å². The molecule has 2 nitrogen and oxygen atoms in total. The van der Waals surface area contributed by atoms with E-state index in [0.717, 1.165) is 19.3 Å². The summed E-state index contributed by atoms with van der Waals surface area (Å²) in [6.07, 6.45) is 6.65. The molecule has 0 aromatic heterocycles. The van der Waals surface area contributed by atoms with Crippen LogP contribution in [0.5, 0.6) is 0 Å². The quantitative estimate of drug-likeness (QED) is 0.658. The lowest BCUT2D eigenvalue weighted by Crippen LogP contribution is -2.24. The average Bonchev–Trinajstić information content (AvgIpc) is 2.61. The van der Waals surface area contributed by atoms with Crippen LogP contribution in [0.3, 0.4) is 0 Å². The van der Waals surface area contributed by atoms with E-state index < -0.39 is 0 Å². The molecule has 2 heteroatoms. The van der Waals surface area contributed by atoms with Crippen LogP contribution in [0.4, 0.5) is 0 Å². The van der Waals surface area contributed by atoms with Gasteiger partial charge in [-0.25, -0.2) is 0 Å². The number of hydrogen-bond acceptors (Lipinski definition) is 2. The predicted molar refractivity (Wildman–Crippen MR) is 54.3 cm³/mol. The largest absolute Gasteiger partial charge is 0.330 e. The monoisotopic (exact) mass is 181 g/mol. The van der Waals surface area contributed by atoms with E-state index in [1.807, 2.05) is 6.08 Å². The zero-order chi connectivity index (χ0) is 9.68. The number of rotatable bonds is 5. The topological polar surface area (TPSA) is 43.1 Å². The maximum atomic E-state index is 11.7. The molecule has 2 unspecified atom stereocenters. The number of hydrogen-bond donors (Lipinski definition) is 1. The van der Waals surface area contributed by atoms with Crippen LogP contribution in [0.2, 0.25) is 0 Å². The van der Waals surface area contributed by atoms with Crippen molar-refractivity contribution in [1.82, 2.24) is 0 Å². The van der Waals surface area contributed by atoms with Crippen molar-refractivity contribution < 1.29 is 4.79 Å². The first-order valence-electron chi connectivity index (χ1n) is 5.13. The number of Topliss-reactive ketones (excluding diaryl/α,β-unsaturated/α-hetero) is 1. The van der Waals surface area contributed by atoms with Crippen molar-refractivity contribution in [3.63, 3.8) is 0 Å². The summed E-state index contributed by atoms with van der Waals surface area (Å²) in [5, 5.41) is 0. The molecule has 1 aliphatic carbocycles. The van der Waals surface area contributed by atoms with Crippen molar-refractivity contribution in [2.24, 2.45) is 17.6 Å². The van der Waals surface area contributed by atoms with Crippen molar-refractivity contribution >= 4 is 5.78 Å². The van der Waals surface area contributed by atoms with E-state index in [1.165, 1.54) is 6.42 Å². The molecule has 0 aromatic carbocycles. The molecule has 74 valence electrons. The lowest BCUT2D eigenvalue weighted by Gasteiger charge is -2.15. The summed E-state index contributed by atoms with van der Waals surface area (Å²) in [4.78, 5) is 11.7. The van der Waals surface area contributed by atoms with Gasteiger partial charge in [-0.05, 0) is 31.7 Å². The Hall–Kier alpha value is -0.630. The predicted octanol–water partition coefficient (Wildman–Crippen LogP) is 1.90. The number of carbonyl (C=O) groups is 1. The Morgan fingerprint density at radius 1 is 1.54 bits per heavy atom. The normalized spacial score (nSPS) is 27.5. The van der Waals surface area contributed by atoms with Gasteiger partial charge in [0.1, 0.15) is 5.78 Å². The third-order valence-corrected chi connectivity index (χ3v) is 2.97. The number of ketones is 1. The smallest absolute Gasteiger partial charge is 0.136 e. The van der Waals surface area contributed by atoms with E-state index in [4.69, 9.17) is 5.73 Å². The SMILES string of the molecule is C=CCCC(=O)C1CCCC1CN. The van der Waals surface area contributed by atoms with Crippen LogP contribution in [-0.4, -0.2) is 12.3 Å². The summed E-state index contributed by atoms with van der Waals surface area (Å²) in [6.45, 7) is 4.29. The third-order valence-electron chi connectivity index (χ3n) is 2.97. The van der Waals surface area contributed by atoms with E-state index in [1.54, 1.807) is 0 Å². The lowest BCUT2D eigenvalue weighted by atomic mass is 9.90. The minimum Gasteiger partial charge on any atom is -0.330 e. The van der Waals surface area contributed by atoms with Gasteiger partial charge in [0.25, 0.3) is 0 Å². The van der Waals surface area contributed by atoms with E-state index in [9.17, 15) is 4.79 Å². The molecule has 1 rings (SSSR count). The van der Waals surface area contributed by atoms with Crippen LogP contribution >= 0.6 is 0 Å². The molecule has 0 aliphatic heterocycles. The fraction of sp³-hybridized carbons (Fsp3) is 0.727. The van der Waals surface area contributed by atoms with Gasteiger partial charge in [-0.1, -0.05) is 12.5 Å². The first-order chi connectivity index (χ1) is 6.29. The molecule has 0 saturated heterocycles. The Labute approximate surface area is 80.2 Å². The average molecular weight is 181 g/mol. The van der Waals surface area contributed by atoms with Crippen molar-refractivity contribution in [2.45, 2.75) is 32.1 Å². The van der Waals surface area contributed by atoms with Crippen LogP contribution in [0.25, 0.3) is 0 Å². The molecule has 2 atom stereocenters. The summed E-state index contributed by atoms with van der Waals surface area (Å²) in [5.41, 5.74) is 5.62. The minimum atomic E-state index is 0.255. The summed E-state index contributed by atoms with van der Waals surface area (Å²) >= 11 is 0. The Bertz CT molecular complexity index is 189. The standard InChI is InChI=1S/C11H19NO/c1-2-3-7-11(13)10-6-4-5-9(10)8-12/h2,9-10H,1,3-8,12H2. The molecule has 0 radical (unpaired) electrons. The van der Waals surface area contributed by atoms with E-state index in [2.05, 4.69) is 6.58 Å². The fourth-order valence-electron chi connectivity index (χ4n) is 2.17.